The lowest BCUT2D eigenvalue weighted by Gasteiger charge is -2.28. The second-order valence-electron chi connectivity index (χ2n) is 6.75. The Hall–Kier alpha value is -2.34. The van der Waals surface area contributed by atoms with Crippen molar-refractivity contribution in [1.82, 2.24) is 24.6 Å². The third-order valence-corrected chi connectivity index (χ3v) is 4.95. The minimum Gasteiger partial charge on any atom is -0.312 e. The van der Waals surface area contributed by atoms with Gasteiger partial charge >= 0.3 is 0 Å². The van der Waals surface area contributed by atoms with Crippen LogP contribution in [0.1, 0.15) is 36.0 Å². The van der Waals surface area contributed by atoms with Crippen LogP contribution in [0.15, 0.2) is 30.5 Å². The van der Waals surface area contributed by atoms with Crippen molar-refractivity contribution in [3.8, 4) is 0 Å². The molecule has 0 bridgehead atoms. The third-order valence-electron chi connectivity index (χ3n) is 4.95. The molecule has 0 radical (unpaired) electrons. The molecule has 3 heterocycles. The maximum atomic E-state index is 13.9. The number of benzene rings is 1. The van der Waals surface area contributed by atoms with Gasteiger partial charge in [0.2, 0.25) is 0 Å². The third kappa shape index (κ3) is 2.38. The van der Waals surface area contributed by atoms with E-state index in [0.29, 0.717) is 12.5 Å². The Morgan fingerprint density at radius 2 is 2.08 bits per heavy atom. The van der Waals surface area contributed by atoms with Gasteiger partial charge in [0.1, 0.15) is 17.5 Å². The number of halogens is 1. The highest BCUT2D eigenvalue weighted by molar-refractivity contribution is 5.81. The quantitative estimate of drug-likeness (QED) is 0.743. The zero-order valence-corrected chi connectivity index (χ0v) is 13.3. The molecule has 0 atom stereocenters. The second kappa shape index (κ2) is 5.34. The summed E-state index contributed by atoms with van der Waals surface area (Å²) in [5.74, 6) is 2.59. The molecule has 1 aromatic carbocycles. The van der Waals surface area contributed by atoms with Crippen molar-refractivity contribution >= 4 is 10.9 Å². The van der Waals surface area contributed by atoms with E-state index in [1.165, 1.54) is 12.8 Å². The molecule has 2 aliphatic rings. The summed E-state index contributed by atoms with van der Waals surface area (Å²) in [6.07, 6.45) is 4.24. The fourth-order valence-corrected chi connectivity index (χ4v) is 3.60. The van der Waals surface area contributed by atoms with Gasteiger partial charge in [0.05, 0.1) is 12.1 Å². The average Bonchev–Trinajstić information content (AvgIpc) is 3.34. The second-order valence-corrected chi connectivity index (χ2v) is 6.75. The van der Waals surface area contributed by atoms with E-state index < -0.39 is 0 Å². The molecule has 3 aromatic rings. The summed E-state index contributed by atoms with van der Waals surface area (Å²) >= 11 is 0. The van der Waals surface area contributed by atoms with E-state index in [2.05, 4.69) is 24.6 Å². The van der Waals surface area contributed by atoms with Crippen molar-refractivity contribution in [2.75, 3.05) is 6.54 Å². The van der Waals surface area contributed by atoms with Crippen LogP contribution in [0.4, 0.5) is 4.39 Å². The molecule has 24 heavy (non-hydrogen) atoms. The zero-order valence-electron chi connectivity index (χ0n) is 13.3. The monoisotopic (exact) mass is 323 g/mol. The van der Waals surface area contributed by atoms with Gasteiger partial charge in [-0.25, -0.2) is 4.39 Å². The minimum absolute atomic E-state index is 0.207. The molecule has 5 nitrogen and oxygen atoms in total. The molecule has 1 fully saturated rings. The molecule has 5 rings (SSSR count). The van der Waals surface area contributed by atoms with Crippen LogP contribution in [0, 0.1) is 5.82 Å². The molecule has 122 valence electrons. The summed E-state index contributed by atoms with van der Waals surface area (Å²) in [5.41, 5.74) is 1.81. The minimum atomic E-state index is -0.207. The fourth-order valence-electron chi connectivity index (χ4n) is 3.60. The van der Waals surface area contributed by atoms with Crippen molar-refractivity contribution in [1.29, 1.82) is 0 Å². The first-order valence-corrected chi connectivity index (χ1v) is 8.45. The van der Waals surface area contributed by atoms with E-state index in [1.807, 2.05) is 12.1 Å². The standard InChI is InChI=1S/C18H18FN5/c19-15-8-13-2-1-5-20-17(13)14(9-15)10-23-6-7-24-16(11-23)21-22-18(24)12-3-4-12/h1-2,5,8-9,12H,3-4,6-7,10-11H2. The van der Waals surface area contributed by atoms with Crippen LogP contribution in [0.25, 0.3) is 10.9 Å². The van der Waals surface area contributed by atoms with Gasteiger partial charge in [-0.15, -0.1) is 10.2 Å². The molecule has 1 aliphatic carbocycles. The summed E-state index contributed by atoms with van der Waals surface area (Å²) in [7, 11) is 0. The Balaban J connectivity index is 1.42. The largest absolute Gasteiger partial charge is 0.312 e. The lowest BCUT2D eigenvalue weighted by molar-refractivity contribution is 0.207. The highest BCUT2D eigenvalue weighted by Gasteiger charge is 2.32. The zero-order chi connectivity index (χ0) is 16.1. The van der Waals surface area contributed by atoms with Crippen LogP contribution in [0.2, 0.25) is 0 Å². The summed E-state index contributed by atoms with van der Waals surface area (Å²) in [6.45, 7) is 3.27. The first kappa shape index (κ1) is 14.0. The lowest BCUT2D eigenvalue weighted by atomic mass is 10.1. The van der Waals surface area contributed by atoms with E-state index in [4.69, 9.17) is 0 Å². The highest BCUT2D eigenvalue weighted by atomic mass is 19.1. The van der Waals surface area contributed by atoms with E-state index >= 15 is 0 Å². The van der Waals surface area contributed by atoms with Gasteiger partial charge in [0, 0.05) is 37.1 Å². The van der Waals surface area contributed by atoms with Crippen molar-refractivity contribution in [3.05, 3.63) is 53.5 Å². The molecular weight excluding hydrogens is 305 g/mol. The van der Waals surface area contributed by atoms with Crippen LogP contribution < -0.4 is 0 Å². The van der Waals surface area contributed by atoms with E-state index in [9.17, 15) is 4.39 Å². The van der Waals surface area contributed by atoms with Crippen molar-refractivity contribution in [3.63, 3.8) is 0 Å². The van der Waals surface area contributed by atoms with Gasteiger partial charge in [-0.1, -0.05) is 6.07 Å². The predicted molar refractivity (Wildman–Crippen MR) is 87.8 cm³/mol. The van der Waals surface area contributed by atoms with Crippen LogP contribution in [0.3, 0.4) is 0 Å². The number of aromatic nitrogens is 4. The molecule has 0 unspecified atom stereocenters. The van der Waals surface area contributed by atoms with Crippen LogP contribution in [-0.4, -0.2) is 31.2 Å². The van der Waals surface area contributed by atoms with E-state index in [0.717, 1.165) is 47.7 Å². The number of hydrogen-bond donors (Lipinski definition) is 0. The number of rotatable bonds is 3. The number of pyridine rings is 1. The number of nitrogens with zero attached hydrogens (tertiary/aromatic N) is 5. The van der Waals surface area contributed by atoms with Gasteiger partial charge in [-0.2, -0.15) is 0 Å². The van der Waals surface area contributed by atoms with Gasteiger partial charge in [0.25, 0.3) is 0 Å². The predicted octanol–water partition coefficient (Wildman–Crippen LogP) is 2.86. The molecule has 1 saturated carbocycles. The maximum Gasteiger partial charge on any atom is 0.147 e. The highest BCUT2D eigenvalue weighted by Crippen LogP contribution is 2.39. The SMILES string of the molecule is Fc1cc(CN2CCn3c(nnc3C3CC3)C2)c2ncccc2c1. The van der Waals surface area contributed by atoms with Crippen LogP contribution in [-0.2, 0) is 19.6 Å². The smallest absolute Gasteiger partial charge is 0.147 e. The van der Waals surface area contributed by atoms with Gasteiger partial charge in [-0.05, 0) is 36.6 Å². The first-order valence-electron chi connectivity index (χ1n) is 8.45. The maximum absolute atomic E-state index is 13.9. The Kier molecular flexibility index (Phi) is 3.13. The normalized spacial score (nSPS) is 18.0. The molecule has 0 amide bonds. The molecule has 2 aromatic heterocycles. The van der Waals surface area contributed by atoms with Crippen LogP contribution in [0.5, 0.6) is 0 Å². The lowest BCUT2D eigenvalue weighted by Crippen LogP contribution is -2.34. The topological polar surface area (TPSA) is 46.8 Å². The summed E-state index contributed by atoms with van der Waals surface area (Å²) in [6, 6.07) is 6.89. The Labute approximate surface area is 139 Å². The Bertz CT molecular complexity index is 915. The molecular formula is C18H18FN5. The Morgan fingerprint density at radius 3 is 2.96 bits per heavy atom. The van der Waals surface area contributed by atoms with Gasteiger partial charge in [-0.3, -0.25) is 9.88 Å². The summed E-state index contributed by atoms with van der Waals surface area (Å²) < 4.78 is 16.2. The fraction of sp³-hybridized carbons (Fsp3) is 0.389. The summed E-state index contributed by atoms with van der Waals surface area (Å²) in [4.78, 5) is 6.74. The molecule has 0 spiro atoms. The Morgan fingerprint density at radius 1 is 1.17 bits per heavy atom. The van der Waals surface area contributed by atoms with E-state index in [-0.39, 0.29) is 5.82 Å². The van der Waals surface area contributed by atoms with Crippen molar-refractivity contribution in [2.45, 2.75) is 38.4 Å². The number of fused-ring (bicyclic) bond motifs is 2. The average molecular weight is 323 g/mol. The van der Waals surface area contributed by atoms with Gasteiger partial charge < -0.3 is 4.57 Å². The summed E-state index contributed by atoms with van der Waals surface area (Å²) in [5, 5.41) is 9.60. The molecule has 6 heteroatoms. The van der Waals surface area contributed by atoms with Crippen molar-refractivity contribution in [2.24, 2.45) is 0 Å². The molecule has 1 aliphatic heterocycles. The van der Waals surface area contributed by atoms with E-state index in [1.54, 1.807) is 18.3 Å². The first-order chi connectivity index (χ1) is 11.8. The van der Waals surface area contributed by atoms with Crippen molar-refractivity contribution < 1.29 is 4.39 Å². The number of hydrogen-bond acceptors (Lipinski definition) is 4. The molecule has 0 N–H and O–H groups in total. The van der Waals surface area contributed by atoms with Crippen LogP contribution >= 0.6 is 0 Å². The molecule has 0 saturated heterocycles. The van der Waals surface area contributed by atoms with Gasteiger partial charge in [0.15, 0.2) is 0 Å².